The monoisotopic (exact) mass is 317 g/mol. The molecule has 2 atom stereocenters. The molecular formula is C16H20ClN5. The Labute approximate surface area is 135 Å². The van der Waals surface area contributed by atoms with Crippen molar-refractivity contribution in [2.75, 3.05) is 18.0 Å². The predicted molar refractivity (Wildman–Crippen MR) is 86.3 cm³/mol. The zero-order chi connectivity index (χ0) is 15.1. The van der Waals surface area contributed by atoms with E-state index in [1.165, 1.54) is 12.8 Å². The van der Waals surface area contributed by atoms with Crippen LogP contribution in [0.25, 0.3) is 0 Å². The molecular weight excluding hydrogens is 298 g/mol. The molecule has 1 aliphatic carbocycles. The molecule has 0 amide bonds. The van der Waals surface area contributed by atoms with E-state index in [0.29, 0.717) is 23.0 Å². The minimum absolute atomic E-state index is 0.425. The molecule has 5 nitrogen and oxygen atoms in total. The molecule has 2 aromatic heterocycles. The van der Waals surface area contributed by atoms with Crippen LogP contribution in [0.3, 0.4) is 0 Å². The van der Waals surface area contributed by atoms with Crippen molar-refractivity contribution in [3.63, 3.8) is 0 Å². The molecule has 0 radical (unpaired) electrons. The summed E-state index contributed by atoms with van der Waals surface area (Å²) in [7, 11) is 0. The topological polar surface area (TPSA) is 46.8 Å². The summed E-state index contributed by atoms with van der Waals surface area (Å²) in [5.41, 5.74) is 0. The highest BCUT2D eigenvalue weighted by Gasteiger charge is 2.31. The van der Waals surface area contributed by atoms with Crippen LogP contribution in [-0.2, 0) is 0 Å². The van der Waals surface area contributed by atoms with Crippen molar-refractivity contribution in [2.45, 2.75) is 38.1 Å². The van der Waals surface area contributed by atoms with Gasteiger partial charge in [-0.25, -0.2) is 15.0 Å². The molecule has 3 heterocycles. The van der Waals surface area contributed by atoms with Gasteiger partial charge in [-0.05, 0) is 25.2 Å². The fourth-order valence-corrected chi connectivity index (χ4v) is 3.40. The van der Waals surface area contributed by atoms with Gasteiger partial charge in [-0.15, -0.1) is 0 Å². The lowest BCUT2D eigenvalue weighted by molar-refractivity contribution is 0.298. The summed E-state index contributed by atoms with van der Waals surface area (Å²) < 4.78 is 2.21. The summed E-state index contributed by atoms with van der Waals surface area (Å²) in [4.78, 5) is 15.7. The van der Waals surface area contributed by atoms with Gasteiger partial charge in [-0.2, -0.15) is 0 Å². The summed E-state index contributed by atoms with van der Waals surface area (Å²) in [6.07, 6.45) is 9.32. The van der Waals surface area contributed by atoms with Crippen LogP contribution in [0.15, 0.2) is 24.8 Å². The van der Waals surface area contributed by atoms with Crippen molar-refractivity contribution < 1.29 is 0 Å². The Bertz CT molecular complexity index is 653. The van der Waals surface area contributed by atoms with E-state index < -0.39 is 0 Å². The van der Waals surface area contributed by atoms with Gasteiger partial charge in [0, 0.05) is 37.5 Å². The first kappa shape index (κ1) is 14.0. The van der Waals surface area contributed by atoms with Crippen LogP contribution in [-0.4, -0.2) is 32.6 Å². The minimum Gasteiger partial charge on any atom is -0.354 e. The van der Waals surface area contributed by atoms with Crippen LogP contribution in [0.1, 0.15) is 44.0 Å². The van der Waals surface area contributed by atoms with Crippen LogP contribution in [0.4, 0.5) is 5.82 Å². The van der Waals surface area contributed by atoms with Crippen molar-refractivity contribution in [3.8, 4) is 0 Å². The molecule has 6 heteroatoms. The molecule has 2 fully saturated rings. The number of piperidine rings is 1. The molecule has 4 rings (SSSR count). The van der Waals surface area contributed by atoms with Gasteiger partial charge in [0.2, 0.25) is 0 Å². The lowest BCUT2D eigenvalue weighted by atomic mass is 9.93. The second kappa shape index (κ2) is 5.54. The maximum atomic E-state index is 6.21. The van der Waals surface area contributed by atoms with Gasteiger partial charge in [0.1, 0.15) is 16.8 Å². The summed E-state index contributed by atoms with van der Waals surface area (Å²) >= 11 is 6.21. The molecule has 116 valence electrons. The maximum absolute atomic E-state index is 6.21. The van der Waals surface area contributed by atoms with Gasteiger partial charge < -0.3 is 9.47 Å². The van der Waals surface area contributed by atoms with E-state index in [1.54, 1.807) is 0 Å². The molecule has 0 aromatic carbocycles. The van der Waals surface area contributed by atoms with E-state index in [1.807, 2.05) is 24.8 Å². The van der Waals surface area contributed by atoms with Gasteiger partial charge in [-0.3, -0.25) is 0 Å². The SMILES string of the molecule is CC1CCN(c2cc(Cl)nc(C3CC3)n2)CC1n1ccnc1. The Balaban J connectivity index is 1.60. The number of aromatic nitrogens is 4. The molecule has 0 spiro atoms. The van der Waals surface area contributed by atoms with Crippen LogP contribution in [0.2, 0.25) is 5.15 Å². The molecule has 0 bridgehead atoms. The van der Waals surface area contributed by atoms with E-state index in [0.717, 1.165) is 31.2 Å². The number of halogens is 1. The second-order valence-electron chi connectivity index (χ2n) is 6.47. The van der Waals surface area contributed by atoms with E-state index in [9.17, 15) is 0 Å². The van der Waals surface area contributed by atoms with Gasteiger partial charge in [0.05, 0.1) is 12.4 Å². The Hall–Kier alpha value is -1.62. The third kappa shape index (κ3) is 2.70. The first-order valence-electron chi connectivity index (χ1n) is 7.97. The Morgan fingerprint density at radius 1 is 1.23 bits per heavy atom. The van der Waals surface area contributed by atoms with Crippen LogP contribution < -0.4 is 4.90 Å². The zero-order valence-electron chi connectivity index (χ0n) is 12.7. The molecule has 1 saturated carbocycles. The largest absolute Gasteiger partial charge is 0.354 e. The van der Waals surface area contributed by atoms with E-state index in [4.69, 9.17) is 16.6 Å². The van der Waals surface area contributed by atoms with Crippen molar-refractivity contribution in [3.05, 3.63) is 35.8 Å². The summed E-state index contributed by atoms with van der Waals surface area (Å²) in [6.45, 7) is 4.27. The normalized spacial score (nSPS) is 25.5. The predicted octanol–water partition coefficient (Wildman–Crippen LogP) is 3.29. The van der Waals surface area contributed by atoms with Gasteiger partial charge in [-0.1, -0.05) is 18.5 Å². The minimum atomic E-state index is 0.425. The number of hydrogen-bond acceptors (Lipinski definition) is 4. The molecule has 2 unspecified atom stereocenters. The number of nitrogens with zero attached hydrogens (tertiary/aromatic N) is 5. The summed E-state index contributed by atoms with van der Waals surface area (Å²) in [5.74, 6) is 3.04. The highest BCUT2D eigenvalue weighted by molar-refractivity contribution is 6.29. The quantitative estimate of drug-likeness (QED) is 0.815. The lowest BCUT2D eigenvalue weighted by Gasteiger charge is -2.38. The smallest absolute Gasteiger partial charge is 0.135 e. The van der Waals surface area contributed by atoms with Gasteiger partial charge >= 0.3 is 0 Å². The second-order valence-corrected chi connectivity index (χ2v) is 6.86. The first-order chi connectivity index (χ1) is 10.7. The van der Waals surface area contributed by atoms with Crippen LogP contribution in [0, 0.1) is 5.92 Å². The fraction of sp³-hybridized carbons (Fsp3) is 0.562. The summed E-state index contributed by atoms with van der Waals surface area (Å²) in [5, 5.41) is 0.560. The highest BCUT2D eigenvalue weighted by atomic mass is 35.5. The lowest BCUT2D eigenvalue weighted by Crippen LogP contribution is -2.41. The van der Waals surface area contributed by atoms with Crippen molar-refractivity contribution in [1.82, 2.24) is 19.5 Å². The van der Waals surface area contributed by atoms with Crippen LogP contribution >= 0.6 is 11.6 Å². The average molecular weight is 318 g/mol. The zero-order valence-corrected chi connectivity index (χ0v) is 13.4. The molecule has 1 aliphatic heterocycles. The molecule has 2 aromatic rings. The average Bonchev–Trinajstić information content (AvgIpc) is 3.23. The van der Waals surface area contributed by atoms with E-state index >= 15 is 0 Å². The molecule has 0 N–H and O–H groups in total. The fourth-order valence-electron chi connectivity index (χ4n) is 3.22. The van der Waals surface area contributed by atoms with E-state index in [2.05, 4.69) is 26.4 Å². The van der Waals surface area contributed by atoms with Crippen LogP contribution in [0.5, 0.6) is 0 Å². The maximum Gasteiger partial charge on any atom is 0.135 e. The number of hydrogen-bond donors (Lipinski definition) is 0. The Morgan fingerprint density at radius 3 is 2.82 bits per heavy atom. The first-order valence-corrected chi connectivity index (χ1v) is 8.35. The number of rotatable bonds is 3. The highest BCUT2D eigenvalue weighted by Crippen LogP contribution is 2.39. The Kier molecular flexibility index (Phi) is 3.53. The standard InChI is InChI=1S/C16H20ClN5/c1-11-4-6-21(9-13(11)22-7-5-18-10-22)15-8-14(17)19-16(20-15)12-2-3-12/h5,7-8,10-13H,2-4,6,9H2,1H3. The Morgan fingerprint density at radius 2 is 2.09 bits per heavy atom. The number of imidazole rings is 1. The van der Waals surface area contributed by atoms with Gasteiger partial charge in [0.15, 0.2) is 0 Å². The third-order valence-electron chi connectivity index (χ3n) is 4.79. The molecule has 2 aliphatic rings. The number of anilines is 1. The third-order valence-corrected chi connectivity index (χ3v) is 4.99. The van der Waals surface area contributed by atoms with E-state index in [-0.39, 0.29) is 0 Å². The van der Waals surface area contributed by atoms with Crippen molar-refractivity contribution >= 4 is 17.4 Å². The molecule has 1 saturated heterocycles. The summed E-state index contributed by atoms with van der Waals surface area (Å²) in [6, 6.07) is 2.32. The molecule has 22 heavy (non-hydrogen) atoms. The van der Waals surface area contributed by atoms with Crippen molar-refractivity contribution in [1.29, 1.82) is 0 Å². The van der Waals surface area contributed by atoms with Crippen molar-refractivity contribution in [2.24, 2.45) is 5.92 Å². The van der Waals surface area contributed by atoms with Gasteiger partial charge in [0.25, 0.3) is 0 Å².